The number of hydrogen-bond acceptors (Lipinski definition) is 5. The van der Waals surface area contributed by atoms with E-state index in [2.05, 4.69) is 4.98 Å². The van der Waals surface area contributed by atoms with Crippen LogP contribution in [0.3, 0.4) is 0 Å². The zero-order valence-corrected chi connectivity index (χ0v) is 16.3. The van der Waals surface area contributed by atoms with Gasteiger partial charge in [-0.05, 0) is 49.4 Å². The first kappa shape index (κ1) is 19.2. The van der Waals surface area contributed by atoms with Crippen LogP contribution >= 0.6 is 0 Å². The molecule has 1 fully saturated rings. The van der Waals surface area contributed by atoms with Gasteiger partial charge in [-0.3, -0.25) is 14.6 Å². The van der Waals surface area contributed by atoms with E-state index >= 15 is 0 Å². The van der Waals surface area contributed by atoms with Crippen LogP contribution in [0.1, 0.15) is 59.6 Å². The number of fused-ring (bicyclic) bond motifs is 1. The Labute approximate surface area is 169 Å². The van der Waals surface area contributed by atoms with Crippen molar-refractivity contribution in [2.24, 2.45) is 0 Å². The van der Waals surface area contributed by atoms with Crippen LogP contribution < -0.4 is 9.47 Å². The van der Waals surface area contributed by atoms with E-state index in [-0.39, 0.29) is 18.4 Å². The van der Waals surface area contributed by atoms with Crippen LogP contribution in [0.2, 0.25) is 0 Å². The first-order chi connectivity index (χ1) is 14.1. The van der Waals surface area contributed by atoms with Gasteiger partial charge in [-0.2, -0.15) is 0 Å². The molecule has 7 nitrogen and oxygen atoms in total. The summed E-state index contributed by atoms with van der Waals surface area (Å²) >= 11 is 0. The van der Waals surface area contributed by atoms with Gasteiger partial charge in [-0.15, -0.1) is 0 Å². The van der Waals surface area contributed by atoms with Gasteiger partial charge < -0.3 is 19.5 Å². The van der Waals surface area contributed by atoms with Crippen molar-refractivity contribution in [3.63, 3.8) is 0 Å². The molecule has 1 aromatic heterocycles. The van der Waals surface area contributed by atoms with Crippen LogP contribution in [0.15, 0.2) is 36.7 Å². The SMILES string of the molecule is COc1cc(C(CC(=O)O)N2Cc3cnccc3C2=O)ccc1OC1CCCC1. The smallest absolute Gasteiger partial charge is 0.305 e. The molecule has 4 rings (SSSR count). The first-order valence-corrected chi connectivity index (χ1v) is 9.87. The molecule has 1 saturated carbocycles. The molecule has 0 radical (unpaired) electrons. The minimum absolute atomic E-state index is 0.182. The number of carboxylic acid groups (broad SMARTS) is 1. The highest BCUT2D eigenvalue weighted by molar-refractivity contribution is 5.98. The van der Waals surface area contributed by atoms with Crippen molar-refractivity contribution in [1.82, 2.24) is 9.88 Å². The summed E-state index contributed by atoms with van der Waals surface area (Å²) in [6.45, 7) is 0.336. The summed E-state index contributed by atoms with van der Waals surface area (Å²) in [4.78, 5) is 30.1. The van der Waals surface area contributed by atoms with Crippen molar-refractivity contribution >= 4 is 11.9 Å². The lowest BCUT2D eigenvalue weighted by Crippen LogP contribution is -2.31. The quantitative estimate of drug-likeness (QED) is 0.769. The third-order valence-electron chi connectivity index (χ3n) is 5.65. The Morgan fingerprint density at radius 3 is 2.76 bits per heavy atom. The third-order valence-corrected chi connectivity index (χ3v) is 5.65. The molecule has 1 aliphatic carbocycles. The molecule has 29 heavy (non-hydrogen) atoms. The largest absolute Gasteiger partial charge is 0.493 e. The highest BCUT2D eigenvalue weighted by Gasteiger charge is 2.35. The van der Waals surface area contributed by atoms with Crippen LogP contribution in [-0.4, -0.2) is 40.1 Å². The number of carbonyl (C=O) groups is 2. The number of pyridine rings is 1. The average Bonchev–Trinajstić information content (AvgIpc) is 3.35. The summed E-state index contributed by atoms with van der Waals surface area (Å²) in [6, 6.07) is 6.49. The minimum atomic E-state index is -0.970. The number of methoxy groups -OCH3 is 1. The standard InChI is InChI=1S/C22H24N2O5/c1-28-20-10-14(6-7-19(20)29-16-4-2-3-5-16)18(11-21(25)26)24-13-15-12-23-9-8-17(15)22(24)27/h6-10,12,16,18H,2-5,11,13H2,1H3,(H,25,26). The van der Waals surface area contributed by atoms with Gasteiger partial charge in [0.25, 0.3) is 5.91 Å². The molecule has 0 bridgehead atoms. The normalized spacial score (nSPS) is 17.3. The molecule has 1 unspecified atom stereocenters. The predicted octanol–water partition coefficient (Wildman–Crippen LogP) is 3.58. The summed E-state index contributed by atoms with van der Waals surface area (Å²) in [5.41, 5.74) is 2.08. The fourth-order valence-electron chi connectivity index (χ4n) is 4.17. The number of benzene rings is 1. The number of aromatic nitrogens is 1. The van der Waals surface area contributed by atoms with Crippen molar-refractivity contribution < 1.29 is 24.2 Å². The second kappa shape index (κ2) is 8.11. The van der Waals surface area contributed by atoms with E-state index in [0.29, 0.717) is 29.2 Å². The number of ether oxygens (including phenoxy) is 2. The number of hydrogen-bond donors (Lipinski definition) is 1. The zero-order valence-electron chi connectivity index (χ0n) is 16.3. The van der Waals surface area contributed by atoms with E-state index in [0.717, 1.165) is 31.2 Å². The van der Waals surface area contributed by atoms with Gasteiger partial charge in [-0.1, -0.05) is 6.07 Å². The predicted molar refractivity (Wildman–Crippen MR) is 105 cm³/mol. The lowest BCUT2D eigenvalue weighted by atomic mass is 10.0. The highest BCUT2D eigenvalue weighted by atomic mass is 16.5. The molecular formula is C22H24N2O5. The van der Waals surface area contributed by atoms with Gasteiger partial charge >= 0.3 is 5.97 Å². The number of carbonyl (C=O) groups excluding carboxylic acids is 1. The minimum Gasteiger partial charge on any atom is -0.493 e. The monoisotopic (exact) mass is 396 g/mol. The average molecular weight is 396 g/mol. The third kappa shape index (κ3) is 3.90. The molecule has 152 valence electrons. The Kier molecular flexibility index (Phi) is 5.38. The molecule has 2 aromatic rings. The summed E-state index contributed by atoms with van der Waals surface area (Å²) in [5.74, 6) is 0.0501. The van der Waals surface area contributed by atoms with Gasteiger partial charge in [0.2, 0.25) is 0 Å². The second-order valence-electron chi connectivity index (χ2n) is 7.51. The Bertz CT molecular complexity index is 923. The molecule has 1 aliphatic heterocycles. The van der Waals surface area contributed by atoms with Gasteiger partial charge in [0, 0.05) is 30.1 Å². The molecule has 2 heterocycles. The lowest BCUT2D eigenvalue weighted by molar-refractivity contribution is -0.138. The van der Waals surface area contributed by atoms with Crippen LogP contribution in [0.25, 0.3) is 0 Å². The molecule has 1 amide bonds. The molecule has 7 heteroatoms. The van der Waals surface area contributed by atoms with Crippen molar-refractivity contribution in [3.8, 4) is 11.5 Å². The molecular weight excluding hydrogens is 372 g/mol. The van der Waals surface area contributed by atoms with E-state index in [9.17, 15) is 14.7 Å². The Hall–Kier alpha value is -3.09. The van der Waals surface area contributed by atoms with E-state index in [1.807, 2.05) is 12.1 Å². The first-order valence-electron chi connectivity index (χ1n) is 9.87. The summed E-state index contributed by atoms with van der Waals surface area (Å²) in [5, 5.41) is 9.47. The van der Waals surface area contributed by atoms with Gasteiger partial charge in [0.1, 0.15) is 0 Å². The van der Waals surface area contributed by atoms with E-state index in [1.54, 1.807) is 36.5 Å². The van der Waals surface area contributed by atoms with Crippen LogP contribution in [0.4, 0.5) is 0 Å². The summed E-state index contributed by atoms with van der Waals surface area (Å²) in [7, 11) is 1.56. The van der Waals surface area contributed by atoms with E-state index < -0.39 is 12.0 Å². The number of aliphatic carboxylic acids is 1. The fourth-order valence-corrected chi connectivity index (χ4v) is 4.17. The van der Waals surface area contributed by atoms with E-state index in [4.69, 9.17) is 9.47 Å². The second-order valence-corrected chi connectivity index (χ2v) is 7.51. The molecule has 1 N–H and O–H groups in total. The maximum Gasteiger partial charge on any atom is 0.305 e. The van der Waals surface area contributed by atoms with Crippen LogP contribution in [-0.2, 0) is 11.3 Å². The number of rotatable bonds is 7. The Balaban J connectivity index is 1.63. The van der Waals surface area contributed by atoms with Crippen LogP contribution in [0.5, 0.6) is 11.5 Å². The van der Waals surface area contributed by atoms with E-state index in [1.165, 1.54) is 0 Å². The van der Waals surface area contributed by atoms with Gasteiger partial charge in [0.05, 0.1) is 25.7 Å². The van der Waals surface area contributed by atoms with Crippen molar-refractivity contribution in [2.45, 2.75) is 50.8 Å². The molecule has 2 aliphatic rings. The zero-order chi connectivity index (χ0) is 20.4. The number of carboxylic acids is 1. The van der Waals surface area contributed by atoms with Crippen molar-refractivity contribution in [1.29, 1.82) is 0 Å². The van der Waals surface area contributed by atoms with Crippen molar-refractivity contribution in [3.05, 3.63) is 53.3 Å². The fraction of sp³-hybridized carbons (Fsp3) is 0.409. The van der Waals surface area contributed by atoms with Crippen molar-refractivity contribution in [2.75, 3.05) is 7.11 Å². The topological polar surface area (TPSA) is 89.0 Å². The Morgan fingerprint density at radius 2 is 2.07 bits per heavy atom. The van der Waals surface area contributed by atoms with Crippen LogP contribution in [0, 0.1) is 0 Å². The molecule has 0 saturated heterocycles. The summed E-state index contributed by atoms with van der Waals surface area (Å²) in [6.07, 6.45) is 7.61. The maximum absolute atomic E-state index is 12.9. The number of amides is 1. The molecule has 1 aromatic carbocycles. The lowest BCUT2D eigenvalue weighted by Gasteiger charge is -2.28. The number of nitrogens with zero attached hydrogens (tertiary/aromatic N) is 2. The van der Waals surface area contributed by atoms with Gasteiger partial charge in [0.15, 0.2) is 11.5 Å². The maximum atomic E-state index is 12.9. The van der Waals surface area contributed by atoms with Gasteiger partial charge in [-0.25, -0.2) is 0 Å². The molecule has 0 spiro atoms. The Morgan fingerprint density at radius 1 is 1.28 bits per heavy atom. The summed E-state index contributed by atoms with van der Waals surface area (Å²) < 4.78 is 11.6. The highest BCUT2D eigenvalue weighted by Crippen LogP contribution is 2.38. The molecule has 1 atom stereocenters.